The Morgan fingerprint density at radius 2 is 2.60 bits per heavy atom. The van der Waals surface area contributed by atoms with Crippen LogP contribution in [0.15, 0.2) is 17.6 Å². The van der Waals surface area contributed by atoms with Gasteiger partial charge in [-0.3, -0.25) is 0 Å². The van der Waals surface area contributed by atoms with Gasteiger partial charge in [-0.15, -0.1) is 11.3 Å². The van der Waals surface area contributed by atoms with Crippen molar-refractivity contribution in [2.75, 3.05) is 0 Å². The van der Waals surface area contributed by atoms with Crippen LogP contribution in [-0.2, 0) is 6.54 Å². The van der Waals surface area contributed by atoms with E-state index in [4.69, 9.17) is 5.73 Å². The molecular formula is C7H8N2S. The summed E-state index contributed by atoms with van der Waals surface area (Å²) in [4.78, 5) is 1.39. The Labute approximate surface area is 63.4 Å². The molecule has 0 fully saturated rings. The summed E-state index contributed by atoms with van der Waals surface area (Å²) < 4.78 is 0. The summed E-state index contributed by atoms with van der Waals surface area (Å²) in [6.07, 6.45) is 1.62. The van der Waals surface area contributed by atoms with Gasteiger partial charge >= 0.3 is 0 Å². The van der Waals surface area contributed by atoms with Crippen molar-refractivity contribution in [2.45, 2.75) is 6.54 Å². The third-order valence-electron chi connectivity index (χ3n) is 1.64. The van der Waals surface area contributed by atoms with E-state index in [1.54, 1.807) is 17.5 Å². The van der Waals surface area contributed by atoms with Gasteiger partial charge in [0.25, 0.3) is 0 Å². The predicted molar refractivity (Wildman–Crippen MR) is 43.3 cm³/mol. The average Bonchev–Trinajstić information content (AvgIpc) is 2.44. The van der Waals surface area contributed by atoms with Crippen LogP contribution in [0.3, 0.4) is 0 Å². The zero-order chi connectivity index (χ0) is 6.97. The molecular weight excluding hydrogens is 144 g/mol. The quantitative estimate of drug-likeness (QED) is 0.584. The van der Waals surface area contributed by atoms with Crippen molar-refractivity contribution in [3.05, 3.63) is 28.1 Å². The fourth-order valence-corrected chi connectivity index (χ4v) is 1.97. The van der Waals surface area contributed by atoms with E-state index >= 15 is 0 Å². The van der Waals surface area contributed by atoms with E-state index in [2.05, 4.69) is 16.8 Å². The minimum Gasteiger partial charge on any atom is -0.403 e. The molecule has 0 spiro atoms. The van der Waals surface area contributed by atoms with Crippen LogP contribution >= 0.6 is 11.3 Å². The molecule has 3 heteroatoms. The summed E-state index contributed by atoms with van der Waals surface area (Å²) in [7, 11) is 0. The standard InChI is InChI=1S/C7H8N2S/c8-3-6-5-1-2-10-7(5)4-9-6/h1-3,9H,4,8H2/b6-3-. The zero-order valence-electron chi connectivity index (χ0n) is 5.42. The van der Waals surface area contributed by atoms with Gasteiger partial charge in [-0.25, -0.2) is 0 Å². The molecule has 1 aliphatic rings. The Bertz CT molecular complexity index is 275. The highest BCUT2D eigenvalue weighted by Gasteiger charge is 2.14. The van der Waals surface area contributed by atoms with Gasteiger partial charge < -0.3 is 11.1 Å². The first-order chi connectivity index (χ1) is 4.92. The normalized spacial score (nSPS) is 19.0. The Morgan fingerprint density at radius 1 is 1.70 bits per heavy atom. The largest absolute Gasteiger partial charge is 0.403 e. The van der Waals surface area contributed by atoms with Crippen molar-refractivity contribution in [3.8, 4) is 0 Å². The number of hydrogen-bond donors (Lipinski definition) is 2. The molecule has 2 rings (SSSR count). The molecule has 0 saturated carbocycles. The molecule has 0 aliphatic carbocycles. The maximum atomic E-state index is 5.39. The maximum absolute atomic E-state index is 5.39. The Morgan fingerprint density at radius 3 is 3.40 bits per heavy atom. The maximum Gasteiger partial charge on any atom is 0.0586 e. The average molecular weight is 152 g/mol. The molecule has 0 unspecified atom stereocenters. The molecule has 52 valence electrons. The first-order valence-electron chi connectivity index (χ1n) is 3.14. The molecule has 10 heavy (non-hydrogen) atoms. The Hall–Kier alpha value is -0.960. The third-order valence-corrected chi connectivity index (χ3v) is 2.56. The highest BCUT2D eigenvalue weighted by Crippen LogP contribution is 2.27. The lowest BCUT2D eigenvalue weighted by atomic mass is 10.2. The van der Waals surface area contributed by atoms with Crippen LogP contribution in [-0.4, -0.2) is 0 Å². The molecule has 1 aromatic rings. The lowest BCUT2D eigenvalue weighted by molar-refractivity contribution is 0.956. The first kappa shape index (κ1) is 5.80. The van der Waals surface area contributed by atoms with Crippen LogP contribution in [0.5, 0.6) is 0 Å². The fourth-order valence-electron chi connectivity index (χ4n) is 1.14. The minimum absolute atomic E-state index is 0.941. The molecule has 0 radical (unpaired) electrons. The van der Waals surface area contributed by atoms with Crippen molar-refractivity contribution in [2.24, 2.45) is 5.73 Å². The molecule has 0 aromatic carbocycles. The molecule has 0 amide bonds. The van der Waals surface area contributed by atoms with E-state index in [0.29, 0.717) is 0 Å². The van der Waals surface area contributed by atoms with E-state index in [1.165, 1.54) is 10.4 Å². The van der Waals surface area contributed by atoms with E-state index < -0.39 is 0 Å². The molecule has 3 N–H and O–H groups in total. The summed E-state index contributed by atoms with van der Waals surface area (Å²) in [5, 5.41) is 5.29. The molecule has 0 bridgehead atoms. The van der Waals surface area contributed by atoms with Crippen molar-refractivity contribution in [1.82, 2.24) is 5.32 Å². The van der Waals surface area contributed by atoms with Crippen molar-refractivity contribution < 1.29 is 0 Å². The van der Waals surface area contributed by atoms with Crippen LogP contribution in [0.4, 0.5) is 0 Å². The molecule has 1 aromatic heterocycles. The van der Waals surface area contributed by atoms with Gasteiger partial charge in [-0.2, -0.15) is 0 Å². The van der Waals surface area contributed by atoms with E-state index in [-0.39, 0.29) is 0 Å². The summed E-state index contributed by atoms with van der Waals surface area (Å²) in [5.74, 6) is 0. The minimum atomic E-state index is 0.941. The second-order valence-corrected chi connectivity index (χ2v) is 3.19. The second kappa shape index (κ2) is 2.02. The van der Waals surface area contributed by atoms with Crippen LogP contribution < -0.4 is 11.1 Å². The van der Waals surface area contributed by atoms with Gasteiger partial charge in [-0.05, 0) is 11.4 Å². The molecule has 1 aliphatic heterocycles. The van der Waals surface area contributed by atoms with Gasteiger partial charge in [0.05, 0.1) is 12.2 Å². The predicted octanol–water partition coefficient (Wildman–Crippen LogP) is 1.11. The van der Waals surface area contributed by atoms with Gasteiger partial charge in [0.2, 0.25) is 0 Å². The topological polar surface area (TPSA) is 38.0 Å². The SMILES string of the molecule is N/C=C1\NCc2sccc21. The number of hydrogen-bond acceptors (Lipinski definition) is 3. The van der Waals surface area contributed by atoms with Crippen LogP contribution in [0.2, 0.25) is 0 Å². The van der Waals surface area contributed by atoms with Crippen LogP contribution in [0.25, 0.3) is 5.70 Å². The highest BCUT2D eigenvalue weighted by atomic mass is 32.1. The lowest BCUT2D eigenvalue weighted by Crippen LogP contribution is -2.02. The number of fused-ring (bicyclic) bond motifs is 1. The summed E-state index contributed by atoms with van der Waals surface area (Å²) >= 11 is 1.77. The second-order valence-electron chi connectivity index (χ2n) is 2.19. The van der Waals surface area contributed by atoms with Crippen molar-refractivity contribution in [3.63, 3.8) is 0 Å². The first-order valence-corrected chi connectivity index (χ1v) is 4.02. The van der Waals surface area contributed by atoms with Gasteiger partial charge in [0.15, 0.2) is 0 Å². The van der Waals surface area contributed by atoms with E-state index in [0.717, 1.165) is 12.2 Å². The summed E-state index contributed by atoms with van der Waals surface area (Å²) in [6, 6.07) is 2.10. The van der Waals surface area contributed by atoms with Crippen molar-refractivity contribution >= 4 is 17.0 Å². The number of nitrogens with two attached hydrogens (primary N) is 1. The molecule has 0 atom stereocenters. The molecule has 0 saturated heterocycles. The van der Waals surface area contributed by atoms with Gasteiger partial charge in [-0.1, -0.05) is 0 Å². The number of nitrogens with one attached hydrogen (secondary N) is 1. The Balaban J connectivity index is 2.53. The molecule has 2 nitrogen and oxygen atoms in total. The van der Waals surface area contributed by atoms with Crippen molar-refractivity contribution in [1.29, 1.82) is 0 Å². The highest BCUT2D eigenvalue weighted by molar-refractivity contribution is 7.10. The monoisotopic (exact) mass is 152 g/mol. The third kappa shape index (κ3) is 0.640. The molecule has 2 heterocycles. The fraction of sp³-hybridized carbons (Fsp3) is 0.143. The number of thiophene rings is 1. The van der Waals surface area contributed by atoms with Crippen LogP contribution in [0, 0.1) is 0 Å². The summed E-state index contributed by atoms with van der Waals surface area (Å²) in [6.45, 7) is 0.941. The van der Waals surface area contributed by atoms with Crippen LogP contribution in [0.1, 0.15) is 10.4 Å². The van der Waals surface area contributed by atoms with E-state index in [1.807, 2.05) is 0 Å². The van der Waals surface area contributed by atoms with E-state index in [9.17, 15) is 0 Å². The van der Waals surface area contributed by atoms with Gasteiger partial charge in [0, 0.05) is 16.6 Å². The lowest BCUT2D eigenvalue weighted by Gasteiger charge is -1.94. The zero-order valence-corrected chi connectivity index (χ0v) is 6.24. The Kier molecular flexibility index (Phi) is 1.17. The summed E-state index contributed by atoms with van der Waals surface area (Å²) in [5.41, 5.74) is 7.72. The van der Waals surface area contributed by atoms with Gasteiger partial charge in [0.1, 0.15) is 0 Å². The number of rotatable bonds is 0. The smallest absolute Gasteiger partial charge is 0.0586 e.